The van der Waals surface area contributed by atoms with Gasteiger partial charge in [-0.3, -0.25) is 9.59 Å². The number of carbonyl (C=O) groups is 2. The van der Waals surface area contributed by atoms with E-state index < -0.39 is 6.23 Å². The number of carbonyl (C=O) groups excluding carboxylic acids is 2. The molecule has 1 heterocycles. The Morgan fingerprint density at radius 3 is 2.27 bits per heavy atom. The van der Waals surface area contributed by atoms with Crippen LogP contribution in [0.2, 0.25) is 0 Å². The van der Waals surface area contributed by atoms with E-state index in [4.69, 9.17) is 4.84 Å². The van der Waals surface area contributed by atoms with Gasteiger partial charge in [-0.05, 0) is 24.3 Å². The third kappa shape index (κ3) is 3.15. The molecule has 3 rings (SSSR count). The number of nitrogens with one attached hydrogen (secondary N) is 1. The molecule has 1 aliphatic heterocycles. The Kier molecular flexibility index (Phi) is 4.16. The van der Waals surface area contributed by atoms with Crippen LogP contribution in [0.3, 0.4) is 0 Å². The third-order valence-electron chi connectivity index (χ3n) is 3.38. The maximum Gasteiger partial charge on any atom is 0.282 e. The Hall–Kier alpha value is -2.66. The van der Waals surface area contributed by atoms with Gasteiger partial charge >= 0.3 is 0 Å². The summed E-state index contributed by atoms with van der Waals surface area (Å²) in [6.45, 7) is 0. The Balaban J connectivity index is 1.86. The van der Waals surface area contributed by atoms with Crippen molar-refractivity contribution < 1.29 is 14.4 Å². The first kappa shape index (κ1) is 14.3. The molecule has 1 aliphatic rings. The van der Waals surface area contributed by atoms with E-state index in [9.17, 15) is 9.59 Å². The molecule has 0 bridgehead atoms. The fourth-order valence-electron chi connectivity index (χ4n) is 2.28. The summed E-state index contributed by atoms with van der Waals surface area (Å²) in [5, 5.41) is 3.95. The lowest BCUT2D eigenvalue weighted by Crippen LogP contribution is -2.40. The Morgan fingerprint density at radius 2 is 1.68 bits per heavy atom. The van der Waals surface area contributed by atoms with E-state index in [-0.39, 0.29) is 11.8 Å². The standard InChI is InChI=1S/C17H16N2O3/c20-15-11-12-16(18-15)22-19(14-9-5-2-6-10-14)17(21)13-7-3-1-4-8-13/h1-10,16H,11-12H2,(H,18,20). The Morgan fingerprint density at radius 1 is 1.05 bits per heavy atom. The van der Waals surface area contributed by atoms with Gasteiger partial charge in [0.05, 0.1) is 5.69 Å². The van der Waals surface area contributed by atoms with Gasteiger partial charge in [-0.1, -0.05) is 36.4 Å². The van der Waals surface area contributed by atoms with Crippen molar-refractivity contribution in [2.45, 2.75) is 19.1 Å². The normalized spacial score (nSPS) is 17.1. The van der Waals surface area contributed by atoms with Gasteiger partial charge in [-0.25, -0.2) is 4.84 Å². The SMILES string of the molecule is O=C1CCC(ON(C(=O)c2ccccc2)c2ccccc2)N1. The quantitative estimate of drug-likeness (QED) is 0.882. The zero-order chi connectivity index (χ0) is 15.4. The summed E-state index contributed by atoms with van der Waals surface area (Å²) in [7, 11) is 0. The van der Waals surface area contributed by atoms with Crippen LogP contribution in [0.1, 0.15) is 23.2 Å². The zero-order valence-electron chi connectivity index (χ0n) is 11.9. The van der Waals surface area contributed by atoms with Gasteiger partial charge in [-0.2, -0.15) is 5.06 Å². The Labute approximate surface area is 128 Å². The lowest BCUT2D eigenvalue weighted by Gasteiger charge is -2.25. The van der Waals surface area contributed by atoms with Crippen LogP contribution >= 0.6 is 0 Å². The van der Waals surface area contributed by atoms with Gasteiger partial charge in [0.15, 0.2) is 6.23 Å². The minimum atomic E-state index is -0.486. The molecule has 112 valence electrons. The zero-order valence-corrected chi connectivity index (χ0v) is 11.9. The van der Waals surface area contributed by atoms with Crippen LogP contribution in [0, 0.1) is 0 Å². The molecular formula is C17H16N2O3. The molecule has 5 nitrogen and oxygen atoms in total. The number of rotatable bonds is 4. The third-order valence-corrected chi connectivity index (χ3v) is 3.38. The fourth-order valence-corrected chi connectivity index (χ4v) is 2.28. The van der Waals surface area contributed by atoms with Gasteiger partial charge in [0.2, 0.25) is 5.91 Å². The minimum Gasteiger partial charge on any atom is -0.329 e. The monoisotopic (exact) mass is 296 g/mol. The molecular weight excluding hydrogens is 280 g/mol. The number of anilines is 1. The summed E-state index contributed by atoms with van der Waals surface area (Å²) in [4.78, 5) is 29.8. The molecule has 1 atom stereocenters. The number of para-hydroxylation sites is 1. The van der Waals surface area contributed by atoms with Crippen LogP contribution in [0.5, 0.6) is 0 Å². The topological polar surface area (TPSA) is 58.6 Å². The maximum absolute atomic E-state index is 12.7. The smallest absolute Gasteiger partial charge is 0.282 e. The van der Waals surface area contributed by atoms with Crippen LogP contribution < -0.4 is 10.4 Å². The number of benzene rings is 2. The summed E-state index contributed by atoms with van der Waals surface area (Å²) >= 11 is 0. The second-order valence-corrected chi connectivity index (χ2v) is 5.00. The van der Waals surface area contributed by atoms with Crippen molar-refractivity contribution >= 4 is 17.5 Å². The van der Waals surface area contributed by atoms with E-state index in [0.29, 0.717) is 24.1 Å². The van der Waals surface area contributed by atoms with Gasteiger partial charge in [0.1, 0.15) is 0 Å². The fraction of sp³-hybridized carbons (Fsp3) is 0.176. The van der Waals surface area contributed by atoms with E-state index in [1.54, 1.807) is 36.4 Å². The predicted octanol–water partition coefficient (Wildman–Crippen LogP) is 2.50. The number of hydrogen-bond donors (Lipinski definition) is 1. The highest BCUT2D eigenvalue weighted by Gasteiger charge is 2.27. The molecule has 0 aromatic heterocycles. The Bertz CT molecular complexity index is 658. The molecule has 5 heteroatoms. The van der Waals surface area contributed by atoms with Crippen LogP contribution in [-0.4, -0.2) is 18.0 Å². The van der Waals surface area contributed by atoms with Crippen LogP contribution in [0.4, 0.5) is 5.69 Å². The molecule has 1 fully saturated rings. The molecule has 2 aromatic carbocycles. The first-order valence-corrected chi connectivity index (χ1v) is 7.15. The lowest BCUT2D eigenvalue weighted by molar-refractivity contribution is -0.120. The number of amides is 2. The summed E-state index contributed by atoms with van der Waals surface area (Å²) in [5.41, 5.74) is 1.15. The highest BCUT2D eigenvalue weighted by Crippen LogP contribution is 2.20. The minimum absolute atomic E-state index is 0.0647. The first-order chi connectivity index (χ1) is 10.7. The molecule has 2 amide bonds. The van der Waals surface area contributed by atoms with E-state index in [1.165, 1.54) is 5.06 Å². The van der Waals surface area contributed by atoms with Crippen molar-refractivity contribution in [3.63, 3.8) is 0 Å². The van der Waals surface area contributed by atoms with Crippen molar-refractivity contribution in [3.8, 4) is 0 Å². The molecule has 0 spiro atoms. The largest absolute Gasteiger partial charge is 0.329 e. The van der Waals surface area contributed by atoms with Gasteiger partial charge in [0, 0.05) is 18.4 Å². The average molecular weight is 296 g/mol. The summed E-state index contributed by atoms with van der Waals surface area (Å²) in [6, 6.07) is 18.0. The molecule has 1 saturated heterocycles. The summed E-state index contributed by atoms with van der Waals surface area (Å²) in [6.07, 6.45) is 0.470. The van der Waals surface area contributed by atoms with Crippen molar-refractivity contribution in [2.24, 2.45) is 0 Å². The van der Waals surface area contributed by atoms with Gasteiger partial charge in [0.25, 0.3) is 5.91 Å². The number of nitrogens with zero attached hydrogens (tertiary/aromatic N) is 1. The van der Waals surface area contributed by atoms with Crippen molar-refractivity contribution in [1.82, 2.24) is 5.32 Å². The van der Waals surface area contributed by atoms with E-state index >= 15 is 0 Å². The van der Waals surface area contributed by atoms with Crippen LogP contribution in [0.25, 0.3) is 0 Å². The average Bonchev–Trinajstić information content (AvgIpc) is 2.99. The van der Waals surface area contributed by atoms with E-state index in [1.807, 2.05) is 24.3 Å². The molecule has 1 unspecified atom stereocenters. The van der Waals surface area contributed by atoms with Crippen molar-refractivity contribution in [3.05, 3.63) is 66.2 Å². The highest BCUT2D eigenvalue weighted by atomic mass is 16.7. The highest BCUT2D eigenvalue weighted by molar-refractivity contribution is 6.04. The maximum atomic E-state index is 12.7. The molecule has 1 N–H and O–H groups in total. The molecule has 0 radical (unpaired) electrons. The van der Waals surface area contributed by atoms with E-state index in [2.05, 4.69) is 5.32 Å². The van der Waals surface area contributed by atoms with Gasteiger partial charge in [-0.15, -0.1) is 0 Å². The van der Waals surface area contributed by atoms with Gasteiger partial charge < -0.3 is 5.32 Å². The second-order valence-electron chi connectivity index (χ2n) is 5.00. The second kappa shape index (κ2) is 6.41. The van der Waals surface area contributed by atoms with Crippen LogP contribution in [-0.2, 0) is 9.63 Å². The molecule has 0 saturated carbocycles. The van der Waals surface area contributed by atoms with Crippen molar-refractivity contribution in [2.75, 3.05) is 5.06 Å². The molecule has 2 aromatic rings. The number of hydrogen-bond acceptors (Lipinski definition) is 3. The van der Waals surface area contributed by atoms with E-state index in [0.717, 1.165) is 0 Å². The van der Waals surface area contributed by atoms with Crippen LogP contribution in [0.15, 0.2) is 60.7 Å². The molecule has 22 heavy (non-hydrogen) atoms. The summed E-state index contributed by atoms with van der Waals surface area (Å²) in [5.74, 6) is -0.335. The van der Waals surface area contributed by atoms with Crippen molar-refractivity contribution in [1.29, 1.82) is 0 Å². The predicted molar refractivity (Wildman–Crippen MR) is 81.9 cm³/mol. The summed E-state index contributed by atoms with van der Waals surface area (Å²) < 4.78 is 0. The first-order valence-electron chi connectivity index (χ1n) is 7.15. The lowest BCUT2D eigenvalue weighted by atomic mass is 10.2. The number of hydroxylamine groups is 1. The molecule has 0 aliphatic carbocycles.